The highest BCUT2D eigenvalue weighted by molar-refractivity contribution is 5.66. The van der Waals surface area contributed by atoms with Crippen molar-refractivity contribution in [2.45, 2.75) is 39.3 Å². The Morgan fingerprint density at radius 3 is 2.50 bits per heavy atom. The number of esters is 2. The van der Waals surface area contributed by atoms with Crippen molar-refractivity contribution in [1.82, 2.24) is 0 Å². The highest BCUT2D eigenvalue weighted by Gasteiger charge is 2.30. The zero-order valence-electron chi connectivity index (χ0n) is 10.8. The van der Waals surface area contributed by atoms with Gasteiger partial charge in [0.15, 0.2) is 6.29 Å². The molecular weight excluding hydrogens is 240 g/mol. The highest BCUT2D eigenvalue weighted by atomic mass is 16.7. The molecule has 102 valence electrons. The summed E-state index contributed by atoms with van der Waals surface area (Å²) in [6.45, 7) is 4.97. The molecule has 0 amide bonds. The Morgan fingerprint density at radius 1 is 1.22 bits per heavy atom. The molecule has 18 heavy (non-hydrogen) atoms. The molecule has 6 heteroatoms. The third kappa shape index (κ3) is 4.85. The van der Waals surface area contributed by atoms with Gasteiger partial charge in [0, 0.05) is 20.5 Å². The lowest BCUT2D eigenvalue weighted by Crippen LogP contribution is -2.42. The summed E-state index contributed by atoms with van der Waals surface area (Å²) >= 11 is 0. The number of carbonyl (C=O) groups excluding carboxylic acids is 2. The van der Waals surface area contributed by atoms with E-state index < -0.39 is 30.4 Å². The molecule has 0 saturated carbocycles. The van der Waals surface area contributed by atoms with E-state index in [0.717, 1.165) is 0 Å². The van der Waals surface area contributed by atoms with Crippen LogP contribution < -0.4 is 0 Å². The lowest BCUT2D eigenvalue weighted by atomic mass is 10.1. The van der Waals surface area contributed by atoms with Crippen LogP contribution in [0.5, 0.6) is 0 Å². The molecule has 1 aliphatic heterocycles. The van der Waals surface area contributed by atoms with Crippen LogP contribution in [-0.4, -0.2) is 43.7 Å². The summed E-state index contributed by atoms with van der Waals surface area (Å²) in [4.78, 5) is 21.7. The van der Waals surface area contributed by atoms with Gasteiger partial charge in [-0.05, 0) is 19.1 Å². The van der Waals surface area contributed by atoms with Crippen LogP contribution in [-0.2, 0) is 28.5 Å². The molecule has 0 N–H and O–H groups in total. The minimum absolute atomic E-state index is 0.0151. The van der Waals surface area contributed by atoms with Gasteiger partial charge in [-0.3, -0.25) is 9.59 Å². The molecule has 0 aromatic carbocycles. The lowest BCUT2D eigenvalue weighted by molar-refractivity contribution is -0.195. The minimum Gasteiger partial charge on any atom is -0.463 e. The Kier molecular flexibility index (Phi) is 5.80. The maximum Gasteiger partial charge on any atom is 0.303 e. The summed E-state index contributed by atoms with van der Waals surface area (Å²) in [7, 11) is 0. The minimum atomic E-state index is -0.571. The number of carbonyl (C=O) groups is 2. The van der Waals surface area contributed by atoms with Crippen LogP contribution in [0.2, 0.25) is 0 Å². The van der Waals surface area contributed by atoms with Crippen LogP contribution in [0, 0.1) is 0 Å². The Bertz CT molecular complexity index is 325. The zero-order valence-corrected chi connectivity index (χ0v) is 10.8. The largest absolute Gasteiger partial charge is 0.463 e. The summed E-state index contributed by atoms with van der Waals surface area (Å²) in [5.74, 6) is -0.835. The van der Waals surface area contributed by atoms with Gasteiger partial charge in [-0.1, -0.05) is 0 Å². The standard InChI is InChI=1S/C12H18O6/c1-4-15-12-6-5-10(17-9(3)14)11(18-12)7-16-8(2)13/h5-6,10-12H,4,7H2,1-3H3/t10?,11-,12?/m1/s1. The van der Waals surface area contributed by atoms with Crippen molar-refractivity contribution in [2.75, 3.05) is 13.2 Å². The number of rotatable bonds is 5. The lowest BCUT2D eigenvalue weighted by Gasteiger charge is -2.31. The SMILES string of the molecule is CCOC1C=CC(OC(C)=O)[C@@H](COC(C)=O)O1. The second kappa shape index (κ2) is 7.13. The first-order valence-electron chi connectivity index (χ1n) is 5.79. The Hall–Kier alpha value is -1.40. The van der Waals surface area contributed by atoms with Gasteiger partial charge in [0.1, 0.15) is 18.8 Å². The second-order valence-corrected chi connectivity index (χ2v) is 3.76. The van der Waals surface area contributed by atoms with E-state index in [9.17, 15) is 9.59 Å². The quantitative estimate of drug-likeness (QED) is 0.536. The highest BCUT2D eigenvalue weighted by Crippen LogP contribution is 2.17. The van der Waals surface area contributed by atoms with E-state index in [0.29, 0.717) is 6.61 Å². The molecule has 6 nitrogen and oxygen atoms in total. The number of ether oxygens (including phenoxy) is 4. The molecule has 3 atom stereocenters. The van der Waals surface area contributed by atoms with Crippen LogP contribution in [0.4, 0.5) is 0 Å². The third-order valence-corrected chi connectivity index (χ3v) is 2.22. The van der Waals surface area contributed by atoms with Gasteiger partial charge in [0.05, 0.1) is 0 Å². The van der Waals surface area contributed by atoms with Crippen molar-refractivity contribution in [3.63, 3.8) is 0 Å². The van der Waals surface area contributed by atoms with Crippen molar-refractivity contribution in [3.8, 4) is 0 Å². The monoisotopic (exact) mass is 258 g/mol. The van der Waals surface area contributed by atoms with Gasteiger partial charge in [-0.25, -0.2) is 0 Å². The van der Waals surface area contributed by atoms with Crippen molar-refractivity contribution >= 4 is 11.9 Å². The average Bonchev–Trinajstić information content (AvgIpc) is 2.28. The molecule has 1 aliphatic rings. The summed E-state index contributed by atoms with van der Waals surface area (Å²) in [6, 6.07) is 0. The Balaban J connectivity index is 2.62. The first-order valence-corrected chi connectivity index (χ1v) is 5.79. The van der Waals surface area contributed by atoms with Crippen molar-refractivity contribution in [2.24, 2.45) is 0 Å². The summed E-state index contributed by atoms with van der Waals surface area (Å²) in [5.41, 5.74) is 0. The summed E-state index contributed by atoms with van der Waals surface area (Å²) in [6.07, 6.45) is 1.71. The van der Waals surface area contributed by atoms with Gasteiger partial charge in [-0.15, -0.1) is 0 Å². The van der Waals surface area contributed by atoms with E-state index in [4.69, 9.17) is 18.9 Å². The Labute approximate surface area is 106 Å². The normalized spacial score (nSPS) is 26.7. The third-order valence-electron chi connectivity index (χ3n) is 2.22. The first-order chi connectivity index (χ1) is 8.52. The average molecular weight is 258 g/mol. The molecule has 0 spiro atoms. The van der Waals surface area contributed by atoms with Gasteiger partial charge in [-0.2, -0.15) is 0 Å². The van der Waals surface area contributed by atoms with Crippen molar-refractivity contribution in [3.05, 3.63) is 12.2 Å². The maximum atomic E-state index is 11.0. The molecule has 0 aliphatic carbocycles. The number of hydrogen-bond acceptors (Lipinski definition) is 6. The molecule has 0 bridgehead atoms. The predicted molar refractivity (Wildman–Crippen MR) is 61.6 cm³/mol. The van der Waals surface area contributed by atoms with E-state index in [-0.39, 0.29) is 6.61 Å². The molecule has 0 aromatic rings. The molecule has 1 rings (SSSR count). The predicted octanol–water partition coefficient (Wildman–Crippen LogP) is 0.799. The molecule has 2 unspecified atom stereocenters. The topological polar surface area (TPSA) is 71.1 Å². The first kappa shape index (κ1) is 14.7. The summed E-state index contributed by atoms with van der Waals surface area (Å²) in [5, 5.41) is 0. The maximum absolute atomic E-state index is 11.0. The molecule has 0 fully saturated rings. The zero-order chi connectivity index (χ0) is 13.5. The molecule has 0 radical (unpaired) electrons. The van der Waals surface area contributed by atoms with E-state index in [2.05, 4.69) is 0 Å². The Morgan fingerprint density at radius 2 is 1.94 bits per heavy atom. The van der Waals surface area contributed by atoms with E-state index in [1.807, 2.05) is 6.92 Å². The molecule has 1 heterocycles. The van der Waals surface area contributed by atoms with Crippen LogP contribution >= 0.6 is 0 Å². The van der Waals surface area contributed by atoms with Crippen LogP contribution in [0.25, 0.3) is 0 Å². The van der Waals surface area contributed by atoms with Gasteiger partial charge in [0.25, 0.3) is 0 Å². The molecule has 0 saturated heterocycles. The van der Waals surface area contributed by atoms with Gasteiger partial charge >= 0.3 is 11.9 Å². The van der Waals surface area contributed by atoms with E-state index >= 15 is 0 Å². The van der Waals surface area contributed by atoms with E-state index in [1.165, 1.54) is 13.8 Å². The smallest absolute Gasteiger partial charge is 0.303 e. The second-order valence-electron chi connectivity index (χ2n) is 3.76. The van der Waals surface area contributed by atoms with Gasteiger partial charge < -0.3 is 18.9 Å². The fraction of sp³-hybridized carbons (Fsp3) is 0.667. The van der Waals surface area contributed by atoms with Crippen LogP contribution in [0.3, 0.4) is 0 Å². The van der Waals surface area contributed by atoms with Gasteiger partial charge in [0.2, 0.25) is 0 Å². The van der Waals surface area contributed by atoms with E-state index in [1.54, 1.807) is 12.2 Å². The molecule has 0 aromatic heterocycles. The fourth-order valence-corrected chi connectivity index (χ4v) is 1.52. The van der Waals surface area contributed by atoms with Crippen LogP contribution in [0.1, 0.15) is 20.8 Å². The fourth-order valence-electron chi connectivity index (χ4n) is 1.52. The van der Waals surface area contributed by atoms with Crippen molar-refractivity contribution < 1.29 is 28.5 Å². The van der Waals surface area contributed by atoms with Crippen LogP contribution in [0.15, 0.2) is 12.2 Å². The summed E-state index contributed by atoms with van der Waals surface area (Å²) < 4.78 is 20.8. The van der Waals surface area contributed by atoms with Crippen molar-refractivity contribution in [1.29, 1.82) is 0 Å². The molecular formula is C12H18O6. The number of hydrogen-bond donors (Lipinski definition) is 0.